The van der Waals surface area contributed by atoms with Gasteiger partial charge in [0.2, 0.25) is 0 Å². The van der Waals surface area contributed by atoms with Crippen molar-refractivity contribution >= 4 is 11.9 Å². The Hall–Kier alpha value is -2.77. The Balaban J connectivity index is 2.04. The van der Waals surface area contributed by atoms with Crippen molar-refractivity contribution in [2.45, 2.75) is 19.8 Å². The average Bonchev–Trinajstić information content (AvgIpc) is 3.05. The number of carboxylic acids is 1. The van der Waals surface area contributed by atoms with E-state index in [9.17, 15) is 9.59 Å². The van der Waals surface area contributed by atoms with Gasteiger partial charge in [-0.05, 0) is 35.0 Å². The molecule has 2 rings (SSSR count). The Morgan fingerprint density at radius 2 is 2.23 bits per heavy atom. The third kappa shape index (κ3) is 3.87. The lowest BCUT2D eigenvalue weighted by Crippen LogP contribution is -2.32. The number of hydrogen-bond acceptors (Lipinski definition) is 5. The van der Waals surface area contributed by atoms with Gasteiger partial charge in [-0.25, -0.2) is 4.68 Å². The van der Waals surface area contributed by atoms with Gasteiger partial charge >= 0.3 is 5.97 Å². The molecule has 0 aliphatic rings. The van der Waals surface area contributed by atoms with Gasteiger partial charge < -0.3 is 10.4 Å². The van der Waals surface area contributed by atoms with E-state index in [0.717, 1.165) is 6.42 Å². The Morgan fingerprint density at radius 1 is 1.41 bits per heavy atom. The molecule has 2 N–H and O–H groups in total. The maximum absolute atomic E-state index is 12.1. The largest absolute Gasteiger partial charge is 0.481 e. The zero-order valence-electron chi connectivity index (χ0n) is 12.1. The number of amides is 1. The van der Waals surface area contributed by atoms with E-state index in [1.54, 1.807) is 24.3 Å². The third-order valence-corrected chi connectivity index (χ3v) is 3.22. The summed E-state index contributed by atoms with van der Waals surface area (Å²) in [5.74, 6) is -1.79. The maximum Gasteiger partial charge on any atom is 0.308 e. The number of nitrogens with one attached hydrogen (secondary N) is 1. The number of hydrogen-bond donors (Lipinski definition) is 2. The van der Waals surface area contributed by atoms with Crippen molar-refractivity contribution in [3.8, 4) is 5.69 Å². The summed E-state index contributed by atoms with van der Waals surface area (Å²) in [6, 6.07) is 6.77. The van der Waals surface area contributed by atoms with E-state index in [4.69, 9.17) is 5.11 Å². The fourth-order valence-corrected chi connectivity index (χ4v) is 2.05. The smallest absolute Gasteiger partial charge is 0.308 e. The molecule has 1 amide bonds. The van der Waals surface area contributed by atoms with Crippen LogP contribution in [0.5, 0.6) is 0 Å². The highest BCUT2D eigenvalue weighted by Crippen LogP contribution is 2.10. The minimum atomic E-state index is -0.899. The summed E-state index contributed by atoms with van der Waals surface area (Å²) in [7, 11) is 0. The second kappa shape index (κ2) is 7.30. The number of rotatable bonds is 7. The number of aliphatic carboxylic acids is 1. The summed E-state index contributed by atoms with van der Waals surface area (Å²) in [6.07, 6.45) is 2.71. The normalized spacial score (nSPS) is 11.9. The summed E-state index contributed by atoms with van der Waals surface area (Å²) in [4.78, 5) is 23.2. The first-order chi connectivity index (χ1) is 10.6. The molecular formula is C14H17N5O3. The maximum atomic E-state index is 12.1. The van der Waals surface area contributed by atoms with E-state index >= 15 is 0 Å². The van der Waals surface area contributed by atoms with E-state index < -0.39 is 11.9 Å². The summed E-state index contributed by atoms with van der Waals surface area (Å²) in [5, 5.41) is 22.6. The van der Waals surface area contributed by atoms with E-state index in [0.29, 0.717) is 17.7 Å². The van der Waals surface area contributed by atoms with Gasteiger partial charge in [0.25, 0.3) is 5.91 Å². The molecule has 0 bridgehead atoms. The molecule has 0 fully saturated rings. The van der Waals surface area contributed by atoms with Crippen molar-refractivity contribution < 1.29 is 14.7 Å². The standard InChI is InChI=1S/C14H17N5O3/c1-2-4-11(14(21)22)8-15-13(20)10-5-3-6-12(7-10)19-9-16-17-18-19/h3,5-7,9,11H,2,4,8H2,1H3,(H,15,20)(H,21,22). The van der Waals surface area contributed by atoms with Crippen molar-refractivity contribution in [3.05, 3.63) is 36.2 Å². The van der Waals surface area contributed by atoms with Crippen LogP contribution in [0.25, 0.3) is 5.69 Å². The van der Waals surface area contributed by atoms with Crippen LogP contribution in [0.15, 0.2) is 30.6 Å². The second-order valence-corrected chi connectivity index (χ2v) is 4.84. The fraction of sp³-hybridized carbons (Fsp3) is 0.357. The molecule has 1 atom stereocenters. The fourth-order valence-electron chi connectivity index (χ4n) is 2.05. The van der Waals surface area contributed by atoms with Crippen molar-refractivity contribution in [2.75, 3.05) is 6.54 Å². The zero-order chi connectivity index (χ0) is 15.9. The molecule has 1 aromatic carbocycles. The third-order valence-electron chi connectivity index (χ3n) is 3.22. The Kier molecular flexibility index (Phi) is 5.18. The highest BCUT2D eigenvalue weighted by atomic mass is 16.4. The molecule has 2 aromatic rings. The van der Waals surface area contributed by atoms with Crippen LogP contribution in [0.2, 0.25) is 0 Å². The number of carbonyl (C=O) groups excluding carboxylic acids is 1. The first-order valence-corrected chi connectivity index (χ1v) is 6.96. The van der Waals surface area contributed by atoms with Gasteiger partial charge in [0, 0.05) is 12.1 Å². The molecule has 1 heterocycles. The van der Waals surface area contributed by atoms with Crippen LogP contribution in [-0.4, -0.2) is 43.7 Å². The molecule has 1 aromatic heterocycles. The lowest BCUT2D eigenvalue weighted by atomic mass is 10.0. The van der Waals surface area contributed by atoms with Crippen LogP contribution in [0.3, 0.4) is 0 Å². The average molecular weight is 303 g/mol. The predicted molar refractivity (Wildman–Crippen MR) is 77.5 cm³/mol. The lowest BCUT2D eigenvalue weighted by Gasteiger charge is -2.12. The van der Waals surface area contributed by atoms with Crippen molar-refractivity contribution in [1.29, 1.82) is 0 Å². The zero-order valence-corrected chi connectivity index (χ0v) is 12.1. The molecule has 0 saturated carbocycles. The highest BCUT2D eigenvalue weighted by Gasteiger charge is 2.17. The van der Waals surface area contributed by atoms with Gasteiger partial charge in [-0.1, -0.05) is 19.4 Å². The monoisotopic (exact) mass is 303 g/mol. The molecule has 22 heavy (non-hydrogen) atoms. The summed E-state index contributed by atoms with van der Waals surface area (Å²) in [6.45, 7) is 2.02. The molecule has 116 valence electrons. The van der Waals surface area contributed by atoms with Crippen LogP contribution in [-0.2, 0) is 4.79 Å². The second-order valence-electron chi connectivity index (χ2n) is 4.84. The van der Waals surface area contributed by atoms with E-state index in [1.807, 2.05) is 6.92 Å². The van der Waals surface area contributed by atoms with Gasteiger partial charge in [-0.2, -0.15) is 0 Å². The van der Waals surface area contributed by atoms with Crippen LogP contribution in [0, 0.1) is 5.92 Å². The quantitative estimate of drug-likeness (QED) is 0.786. The summed E-state index contributed by atoms with van der Waals surface area (Å²) >= 11 is 0. The molecule has 8 heteroatoms. The molecule has 8 nitrogen and oxygen atoms in total. The Morgan fingerprint density at radius 3 is 2.86 bits per heavy atom. The first-order valence-electron chi connectivity index (χ1n) is 6.96. The number of carboxylic acid groups (broad SMARTS) is 1. The summed E-state index contributed by atoms with van der Waals surface area (Å²) < 4.78 is 1.44. The number of nitrogens with zero attached hydrogens (tertiary/aromatic N) is 4. The molecule has 0 aliphatic carbocycles. The lowest BCUT2D eigenvalue weighted by molar-refractivity contribution is -0.141. The van der Waals surface area contributed by atoms with Crippen LogP contribution in [0.4, 0.5) is 0 Å². The van der Waals surface area contributed by atoms with Crippen molar-refractivity contribution in [2.24, 2.45) is 5.92 Å². The summed E-state index contributed by atoms with van der Waals surface area (Å²) in [5.41, 5.74) is 1.08. The van der Waals surface area contributed by atoms with Crippen LogP contribution < -0.4 is 5.32 Å². The minimum absolute atomic E-state index is 0.108. The number of aromatic nitrogens is 4. The molecule has 0 aliphatic heterocycles. The molecular weight excluding hydrogens is 286 g/mol. The van der Waals surface area contributed by atoms with E-state index in [1.165, 1.54) is 11.0 Å². The highest BCUT2D eigenvalue weighted by molar-refractivity contribution is 5.94. The van der Waals surface area contributed by atoms with Gasteiger partial charge in [0.05, 0.1) is 11.6 Å². The Labute approximate surface area is 127 Å². The molecule has 0 spiro atoms. The number of tetrazole rings is 1. The van der Waals surface area contributed by atoms with Gasteiger partial charge in [0.15, 0.2) is 0 Å². The topological polar surface area (TPSA) is 110 Å². The Bertz CT molecular complexity index is 642. The first kappa shape index (κ1) is 15.6. The predicted octanol–water partition coefficient (Wildman–Crippen LogP) is 0.893. The number of benzene rings is 1. The van der Waals surface area contributed by atoms with Gasteiger partial charge in [-0.3, -0.25) is 9.59 Å². The van der Waals surface area contributed by atoms with Crippen LogP contribution >= 0.6 is 0 Å². The van der Waals surface area contributed by atoms with E-state index in [-0.39, 0.29) is 12.5 Å². The molecule has 1 unspecified atom stereocenters. The van der Waals surface area contributed by atoms with Crippen LogP contribution in [0.1, 0.15) is 30.1 Å². The SMILES string of the molecule is CCCC(CNC(=O)c1cccc(-n2cnnn2)c1)C(=O)O. The van der Waals surface area contributed by atoms with Gasteiger partial charge in [-0.15, -0.1) is 5.10 Å². The van der Waals surface area contributed by atoms with Crippen molar-refractivity contribution in [3.63, 3.8) is 0 Å². The minimum Gasteiger partial charge on any atom is -0.481 e. The van der Waals surface area contributed by atoms with E-state index in [2.05, 4.69) is 20.8 Å². The van der Waals surface area contributed by atoms with Gasteiger partial charge in [0.1, 0.15) is 6.33 Å². The van der Waals surface area contributed by atoms with Crippen molar-refractivity contribution in [1.82, 2.24) is 25.5 Å². The molecule has 0 saturated heterocycles. The number of carbonyl (C=O) groups is 2. The molecule has 0 radical (unpaired) electrons.